The molecule has 18 heavy (non-hydrogen) atoms. The highest BCUT2D eigenvalue weighted by molar-refractivity contribution is 9.10. The van der Waals surface area contributed by atoms with Gasteiger partial charge in [-0.25, -0.2) is 4.98 Å². The molecule has 0 saturated heterocycles. The molecule has 0 aliphatic carbocycles. The smallest absolute Gasteiger partial charge is 0.129 e. The predicted molar refractivity (Wildman–Crippen MR) is 76.8 cm³/mol. The van der Waals surface area contributed by atoms with Crippen LogP contribution in [0.25, 0.3) is 0 Å². The van der Waals surface area contributed by atoms with E-state index in [0.29, 0.717) is 5.75 Å². The van der Waals surface area contributed by atoms with Gasteiger partial charge < -0.3 is 10.4 Å². The topological polar surface area (TPSA) is 45.1 Å². The number of aryl methyl sites for hydroxylation is 1. The number of anilines is 1. The van der Waals surface area contributed by atoms with Gasteiger partial charge in [0, 0.05) is 11.8 Å². The SMILES string of the molecule is Cc1ccc(O)c(C(C)Nc2cccnc2Br)c1. The fourth-order valence-electron chi connectivity index (χ4n) is 1.83. The van der Waals surface area contributed by atoms with Gasteiger partial charge in [0.1, 0.15) is 10.4 Å². The summed E-state index contributed by atoms with van der Waals surface area (Å²) in [6, 6.07) is 9.42. The molecule has 1 atom stereocenters. The van der Waals surface area contributed by atoms with Crippen LogP contribution >= 0.6 is 15.9 Å². The van der Waals surface area contributed by atoms with E-state index in [1.165, 1.54) is 0 Å². The Labute approximate surface area is 115 Å². The largest absolute Gasteiger partial charge is 0.508 e. The normalized spacial score (nSPS) is 12.2. The number of pyridine rings is 1. The van der Waals surface area contributed by atoms with Gasteiger partial charge in [-0.05, 0) is 48.0 Å². The average molecular weight is 307 g/mol. The molecule has 2 aromatic rings. The molecule has 2 rings (SSSR count). The van der Waals surface area contributed by atoms with Crippen molar-refractivity contribution in [1.29, 1.82) is 0 Å². The number of hydrogen-bond donors (Lipinski definition) is 2. The van der Waals surface area contributed by atoms with Crippen molar-refractivity contribution < 1.29 is 5.11 Å². The maximum Gasteiger partial charge on any atom is 0.129 e. The summed E-state index contributed by atoms with van der Waals surface area (Å²) >= 11 is 3.39. The maximum absolute atomic E-state index is 9.89. The van der Waals surface area contributed by atoms with E-state index in [1.54, 1.807) is 12.3 Å². The highest BCUT2D eigenvalue weighted by Crippen LogP contribution is 2.29. The van der Waals surface area contributed by atoms with Crippen LogP contribution in [0.15, 0.2) is 41.1 Å². The summed E-state index contributed by atoms with van der Waals surface area (Å²) in [5.41, 5.74) is 2.92. The second-order valence-electron chi connectivity index (χ2n) is 4.27. The van der Waals surface area contributed by atoms with E-state index < -0.39 is 0 Å². The van der Waals surface area contributed by atoms with Crippen molar-refractivity contribution in [3.63, 3.8) is 0 Å². The summed E-state index contributed by atoms with van der Waals surface area (Å²) < 4.78 is 0.768. The zero-order valence-corrected chi connectivity index (χ0v) is 11.9. The number of phenolic OH excluding ortho intramolecular Hbond substituents is 1. The first-order chi connectivity index (χ1) is 8.58. The molecule has 0 fully saturated rings. The lowest BCUT2D eigenvalue weighted by atomic mass is 10.0. The highest BCUT2D eigenvalue weighted by Gasteiger charge is 2.11. The fraction of sp³-hybridized carbons (Fsp3) is 0.214. The molecule has 1 unspecified atom stereocenters. The number of nitrogens with zero attached hydrogens (tertiary/aromatic N) is 1. The van der Waals surface area contributed by atoms with Gasteiger partial charge in [-0.2, -0.15) is 0 Å². The molecule has 1 heterocycles. The summed E-state index contributed by atoms with van der Waals surface area (Å²) in [7, 11) is 0. The van der Waals surface area contributed by atoms with Crippen LogP contribution in [0.4, 0.5) is 5.69 Å². The summed E-state index contributed by atoms with van der Waals surface area (Å²) in [5.74, 6) is 0.306. The van der Waals surface area contributed by atoms with E-state index in [2.05, 4.69) is 26.2 Å². The molecule has 0 aliphatic rings. The highest BCUT2D eigenvalue weighted by atomic mass is 79.9. The van der Waals surface area contributed by atoms with E-state index in [0.717, 1.165) is 21.4 Å². The van der Waals surface area contributed by atoms with Gasteiger partial charge in [-0.15, -0.1) is 0 Å². The lowest BCUT2D eigenvalue weighted by molar-refractivity contribution is 0.465. The lowest BCUT2D eigenvalue weighted by Gasteiger charge is -2.18. The van der Waals surface area contributed by atoms with Gasteiger partial charge in [-0.3, -0.25) is 0 Å². The Bertz CT molecular complexity index is 557. The van der Waals surface area contributed by atoms with Crippen molar-refractivity contribution >= 4 is 21.6 Å². The minimum Gasteiger partial charge on any atom is -0.508 e. The Morgan fingerprint density at radius 2 is 2.11 bits per heavy atom. The van der Waals surface area contributed by atoms with Crippen molar-refractivity contribution in [2.24, 2.45) is 0 Å². The first-order valence-corrected chi connectivity index (χ1v) is 6.54. The van der Waals surface area contributed by atoms with Gasteiger partial charge in [0.05, 0.1) is 11.7 Å². The molecule has 0 radical (unpaired) electrons. The van der Waals surface area contributed by atoms with Crippen molar-refractivity contribution in [3.8, 4) is 5.75 Å². The number of halogens is 1. The summed E-state index contributed by atoms with van der Waals surface area (Å²) in [6.07, 6.45) is 1.73. The van der Waals surface area contributed by atoms with Gasteiger partial charge in [-0.1, -0.05) is 17.7 Å². The van der Waals surface area contributed by atoms with Gasteiger partial charge >= 0.3 is 0 Å². The summed E-state index contributed by atoms with van der Waals surface area (Å²) in [5, 5.41) is 13.2. The number of nitrogens with one attached hydrogen (secondary N) is 1. The Morgan fingerprint density at radius 1 is 1.33 bits per heavy atom. The zero-order chi connectivity index (χ0) is 13.1. The number of aromatic nitrogens is 1. The molecular weight excluding hydrogens is 292 g/mol. The van der Waals surface area contributed by atoms with E-state index in [4.69, 9.17) is 0 Å². The Balaban J connectivity index is 2.25. The molecule has 0 spiro atoms. The predicted octanol–water partition coefficient (Wildman–Crippen LogP) is 4.03. The number of hydrogen-bond acceptors (Lipinski definition) is 3. The molecule has 1 aromatic carbocycles. The number of benzene rings is 1. The van der Waals surface area contributed by atoms with Crippen LogP contribution in [-0.2, 0) is 0 Å². The minimum atomic E-state index is 0.00500. The van der Waals surface area contributed by atoms with Crippen LogP contribution in [0.1, 0.15) is 24.1 Å². The minimum absolute atomic E-state index is 0.00500. The quantitative estimate of drug-likeness (QED) is 0.842. The third-order valence-electron chi connectivity index (χ3n) is 2.78. The lowest BCUT2D eigenvalue weighted by Crippen LogP contribution is -2.08. The Kier molecular flexibility index (Phi) is 3.87. The molecular formula is C14H15BrN2O. The maximum atomic E-state index is 9.89. The number of rotatable bonds is 3. The number of aromatic hydroxyl groups is 1. The van der Waals surface area contributed by atoms with E-state index >= 15 is 0 Å². The molecule has 0 aliphatic heterocycles. The molecule has 0 saturated carbocycles. The Hall–Kier alpha value is -1.55. The second kappa shape index (κ2) is 5.40. The average Bonchev–Trinajstić information content (AvgIpc) is 2.35. The molecule has 3 nitrogen and oxygen atoms in total. The van der Waals surface area contributed by atoms with Crippen molar-refractivity contribution in [3.05, 3.63) is 52.3 Å². The number of phenols is 1. The molecule has 2 N–H and O–H groups in total. The summed E-state index contributed by atoms with van der Waals surface area (Å²) in [4.78, 5) is 4.16. The summed E-state index contributed by atoms with van der Waals surface area (Å²) in [6.45, 7) is 4.02. The Morgan fingerprint density at radius 3 is 2.83 bits per heavy atom. The third kappa shape index (κ3) is 2.82. The molecule has 1 aromatic heterocycles. The zero-order valence-electron chi connectivity index (χ0n) is 10.3. The molecule has 94 valence electrons. The molecule has 0 amide bonds. The van der Waals surface area contributed by atoms with E-state index in [-0.39, 0.29) is 6.04 Å². The first-order valence-electron chi connectivity index (χ1n) is 5.74. The van der Waals surface area contributed by atoms with Crippen LogP contribution in [0, 0.1) is 6.92 Å². The fourth-order valence-corrected chi connectivity index (χ4v) is 2.19. The van der Waals surface area contributed by atoms with Crippen LogP contribution < -0.4 is 5.32 Å². The van der Waals surface area contributed by atoms with Crippen LogP contribution in [-0.4, -0.2) is 10.1 Å². The van der Waals surface area contributed by atoms with E-state index in [1.807, 2.05) is 38.1 Å². The van der Waals surface area contributed by atoms with E-state index in [9.17, 15) is 5.11 Å². The van der Waals surface area contributed by atoms with Crippen LogP contribution in [0.5, 0.6) is 5.75 Å². The van der Waals surface area contributed by atoms with Gasteiger partial charge in [0.25, 0.3) is 0 Å². The third-order valence-corrected chi connectivity index (χ3v) is 3.41. The molecule has 4 heteroatoms. The van der Waals surface area contributed by atoms with Gasteiger partial charge in [0.15, 0.2) is 0 Å². The van der Waals surface area contributed by atoms with Gasteiger partial charge in [0.2, 0.25) is 0 Å². The van der Waals surface area contributed by atoms with Crippen molar-refractivity contribution in [2.75, 3.05) is 5.32 Å². The standard InChI is InChI=1S/C14H15BrN2O/c1-9-5-6-13(18)11(8-9)10(2)17-12-4-3-7-16-14(12)15/h3-8,10,17-18H,1-2H3. The second-order valence-corrected chi connectivity index (χ2v) is 5.02. The van der Waals surface area contributed by atoms with Crippen molar-refractivity contribution in [1.82, 2.24) is 4.98 Å². The van der Waals surface area contributed by atoms with Crippen molar-refractivity contribution in [2.45, 2.75) is 19.9 Å². The van der Waals surface area contributed by atoms with Crippen LogP contribution in [0.3, 0.4) is 0 Å². The first kappa shape index (κ1) is 12.9. The monoisotopic (exact) mass is 306 g/mol. The van der Waals surface area contributed by atoms with Crippen LogP contribution in [0.2, 0.25) is 0 Å². The molecule has 0 bridgehead atoms.